The number of ether oxygens (including phenoxy) is 2. The normalized spacial score (nSPS) is 14.7. The van der Waals surface area contributed by atoms with Gasteiger partial charge < -0.3 is 19.7 Å². The van der Waals surface area contributed by atoms with E-state index in [0.29, 0.717) is 29.0 Å². The van der Waals surface area contributed by atoms with Crippen LogP contribution in [0.1, 0.15) is 18.5 Å². The summed E-state index contributed by atoms with van der Waals surface area (Å²) in [5, 5.41) is 10.1. The molecule has 1 N–H and O–H groups in total. The molecule has 9 nitrogen and oxygen atoms in total. The van der Waals surface area contributed by atoms with Crippen LogP contribution in [0, 0.1) is 0 Å². The molecule has 0 saturated carbocycles. The maximum absolute atomic E-state index is 6.55. The number of nitrogens with one attached hydrogen (secondary N) is 1. The molecule has 0 spiro atoms. The van der Waals surface area contributed by atoms with Gasteiger partial charge in [0.1, 0.15) is 29.7 Å². The van der Waals surface area contributed by atoms with Crippen LogP contribution in [0.3, 0.4) is 0 Å². The molecule has 0 radical (unpaired) electrons. The van der Waals surface area contributed by atoms with Gasteiger partial charge in [-0.15, -0.1) is 0 Å². The molecule has 10 heteroatoms. The molecule has 3 aromatic heterocycles. The number of hydrogen-bond donors (Lipinski definition) is 1. The van der Waals surface area contributed by atoms with Crippen LogP contribution in [0.25, 0.3) is 21.8 Å². The van der Waals surface area contributed by atoms with Gasteiger partial charge in [0.2, 0.25) is 0 Å². The molecule has 38 heavy (non-hydrogen) atoms. The predicted octanol–water partition coefficient (Wildman–Crippen LogP) is 5.30. The molecule has 5 aromatic rings. The minimum atomic E-state index is 0.120. The van der Waals surface area contributed by atoms with Crippen LogP contribution in [-0.2, 0) is 6.54 Å². The number of pyridine rings is 1. The number of nitrogens with zero attached hydrogens (tertiary/aromatic N) is 6. The van der Waals surface area contributed by atoms with E-state index in [4.69, 9.17) is 21.1 Å². The van der Waals surface area contributed by atoms with E-state index in [2.05, 4.69) is 37.3 Å². The van der Waals surface area contributed by atoms with Crippen molar-refractivity contribution in [2.24, 2.45) is 0 Å². The van der Waals surface area contributed by atoms with Crippen LogP contribution in [0.4, 0.5) is 11.5 Å². The topological polar surface area (TPSA) is 90.2 Å². The lowest BCUT2D eigenvalue weighted by molar-refractivity contribution is 0.115. The van der Waals surface area contributed by atoms with Crippen molar-refractivity contribution in [2.75, 3.05) is 32.6 Å². The minimum Gasteiger partial charge on any atom is -0.497 e. The van der Waals surface area contributed by atoms with E-state index in [1.54, 1.807) is 19.6 Å². The highest BCUT2D eigenvalue weighted by atomic mass is 35.5. The van der Waals surface area contributed by atoms with Crippen LogP contribution in [0.5, 0.6) is 11.5 Å². The largest absolute Gasteiger partial charge is 0.497 e. The van der Waals surface area contributed by atoms with Crippen molar-refractivity contribution in [1.82, 2.24) is 29.6 Å². The summed E-state index contributed by atoms with van der Waals surface area (Å²) in [6.45, 7) is 2.54. The van der Waals surface area contributed by atoms with Gasteiger partial charge in [-0.2, -0.15) is 5.10 Å². The van der Waals surface area contributed by atoms with E-state index in [1.165, 1.54) is 0 Å². The first-order valence-corrected chi connectivity index (χ1v) is 13.0. The van der Waals surface area contributed by atoms with Gasteiger partial charge in [0.05, 0.1) is 35.8 Å². The summed E-state index contributed by atoms with van der Waals surface area (Å²) in [6.07, 6.45) is 5.36. The second-order valence-corrected chi connectivity index (χ2v) is 9.85. The number of halogens is 1. The summed E-state index contributed by atoms with van der Waals surface area (Å²) in [7, 11) is 3.78. The van der Waals surface area contributed by atoms with Gasteiger partial charge in [0.25, 0.3) is 0 Å². The Morgan fingerprint density at radius 3 is 2.71 bits per heavy atom. The van der Waals surface area contributed by atoms with Crippen molar-refractivity contribution in [3.8, 4) is 11.5 Å². The smallest absolute Gasteiger partial charge is 0.159 e. The number of piperidine rings is 1. The molecule has 0 aliphatic carbocycles. The summed E-state index contributed by atoms with van der Waals surface area (Å²) in [5.41, 5.74) is 3.41. The van der Waals surface area contributed by atoms with Crippen molar-refractivity contribution < 1.29 is 9.47 Å². The molecule has 1 aliphatic rings. The fourth-order valence-corrected chi connectivity index (χ4v) is 5.08. The Bertz CT molecular complexity index is 1580. The lowest BCUT2D eigenvalue weighted by Crippen LogP contribution is -2.35. The van der Waals surface area contributed by atoms with Crippen LogP contribution in [0.15, 0.2) is 61.1 Å². The van der Waals surface area contributed by atoms with Gasteiger partial charge in [-0.05, 0) is 50.2 Å². The van der Waals surface area contributed by atoms with Crippen LogP contribution in [0.2, 0.25) is 5.15 Å². The van der Waals surface area contributed by atoms with E-state index >= 15 is 0 Å². The van der Waals surface area contributed by atoms with E-state index in [0.717, 1.165) is 59.1 Å². The minimum absolute atomic E-state index is 0.120. The Morgan fingerprint density at radius 2 is 1.92 bits per heavy atom. The molecular formula is C28H28ClN7O2. The first-order valence-electron chi connectivity index (χ1n) is 12.6. The summed E-state index contributed by atoms with van der Waals surface area (Å²) < 4.78 is 13.9. The second kappa shape index (κ2) is 10.4. The Morgan fingerprint density at radius 1 is 1.05 bits per heavy atom. The molecule has 4 heterocycles. The molecule has 0 atom stereocenters. The van der Waals surface area contributed by atoms with Gasteiger partial charge in [-0.3, -0.25) is 9.67 Å². The van der Waals surface area contributed by atoms with E-state index < -0.39 is 0 Å². The number of benzene rings is 2. The number of fused-ring (bicyclic) bond motifs is 2. The number of rotatable bonds is 7. The maximum Gasteiger partial charge on any atom is 0.159 e. The molecule has 0 amide bonds. The predicted molar refractivity (Wildman–Crippen MR) is 149 cm³/mol. The average molecular weight is 530 g/mol. The Labute approximate surface area is 225 Å². The average Bonchev–Trinajstić information content (AvgIpc) is 3.24. The summed E-state index contributed by atoms with van der Waals surface area (Å²) in [4.78, 5) is 15.8. The first kappa shape index (κ1) is 24.4. The Hall–Kier alpha value is -3.95. The van der Waals surface area contributed by atoms with Crippen molar-refractivity contribution in [3.63, 3.8) is 0 Å². The number of anilines is 2. The van der Waals surface area contributed by atoms with Gasteiger partial charge in [0, 0.05) is 42.5 Å². The van der Waals surface area contributed by atoms with Gasteiger partial charge in [-0.1, -0.05) is 17.7 Å². The van der Waals surface area contributed by atoms with Gasteiger partial charge in [-0.25, -0.2) is 9.97 Å². The molecule has 194 valence electrons. The molecule has 1 fully saturated rings. The third kappa shape index (κ3) is 4.94. The van der Waals surface area contributed by atoms with Gasteiger partial charge in [0.15, 0.2) is 5.15 Å². The van der Waals surface area contributed by atoms with Crippen molar-refractivity contribution in [1.29, 1.82) is 0 Å². The van der Waals surface area contributed by atoms with Crippen molar-refractivity contribution in [2.45, 2.75) is 25.5 Å². The molecule has 2 aromatic carbocycles. The zero-order valence-electron chi connectivity index (χ0n) is 21.3. The van der Waals surface area contributed by atoms with Crippen molar-refractivity contribution >= 4 is 44.9 Å². The second-order valence-electron chi connectivity index (χ2n) is 9.49. The zero-order chi connectivity index (χ0) is 26.1. The first-order chi connectivity index (χ1) is 18.6. The number of methoxy groups -OCH3 is 1. The fourth-order valence-electron chi connectivity index (χ4n) is 4.84. The van der Waals surface area contributed by atoms with Crippen molar-refractivity contribution in [3.05, 3.63) is 71.9 Å². The summed E-state index contributed by atoms with van der Waals surface area (Å²) >= 11 is 6.55. The van der Waals surface area contributed by atoms with Crippen LogP contribution in [-0.4, -0.2) is 63.0 Å². The standard InChI is InChI=1S/C28H28ClN7O2/c1-35-11-8-20(9-12-35)38-25-15-21(37-2)14-23-26(25)28(32-17-31-23)33-18-6-7-24-22(13-18)27(29)34-36(24)16-19-5-3-4-10-30-19/h3-7,10,13-15,17,20H,8-9,11-12,16H2,1-2H3,(H,31,32,33). The highest BCUT2D eigenvalue weighted by Crippen LogP contribution is 2.37. The van der Waals surface area contributed by atoms with Crippen LogP contribution < -0.4 is 14.8 Å². The fraction of sp³-hybridized carbons (Fsp3) is 0.286. The van der Waals surface area contributed by atoms with E-state index in [-0.39, 0.29) is 6.10 Å². The molecule has 6 rings (SSSR count). The highest BCUT2D eigenvalue weighted by molar-refractivity contribution is 6.34. The molecular weight excluding hydrogens is 502 g/mol. The van der Waals surface area contributed by atoms with Crippen LogP contribution >= 0.6 is 11.6 Å². The highest BCUT2D eigenvalue weighted by Gasteiger charge is 2.21. The van der Waals surface area contributed by atoms with E-state index in [9.17, 15) is 0 Å². The lowest BCUT2D eigenvalue weighted by atomic mass is 10.1. The van der Waals surface area contributed by atoms with Gasteiger partial charge >= 0.3 is 0 Å². The third-order valence-corrected chi connectivity index (χ3v) is 7.16. The molecule has 0 unspecified atom stereocenters. The maximum atomic E-state index is 6.55. The lowest BCUT2D eigenvalue weighted by Gasteiger charge is -2.29. The summed E-state index contributed by atoms with van der Waals surface area (Å²) in [6, 6.07) is 15.6. The third-order valence-electron chi connectivity index (χ3n) is 6.88. The molecule has 1 saturated heterocycles. The Kier molecular flexibility index (Phi) is 6.70. The summed E-state index contributed by atoms with van der Waals surface area (Å²) in [5.74, 6) is 2.05. The number of hydrogen-bond acceptors (Lipinski definition) is 8. The monoisotopic (exact) mass is 529 g/mol. The zero-order valence-corrected chi connectivity index (χ0v) is 22.0. The molecule has 0 bridgehead atoms. The SMILES string of the molecule is COc1cc(OC2CCN(C)CC2)c2c(Nc3ccc4c(c3)c(Cl)nn4Cc3ccccn3)ncnc2c1. The Balaban J connectivity index is 1.34. The number of aromatic nitrogens is 5. The molecule has 1 aliphatic heterocycles. The number of likely N-dealkylation sites (tertiary alicyclic amines) is 1. The quantitative estimate of drug-likeness (QED) is 0.304. The van der Waals surface area contributed by atoms with E-state index in [1.807, 2.05) is 53.2 Å².